The standard InChI is InChI=1S/C18H26N2OS/c19-16-7-3-2-6-15(16)8-9-17(21)20-12-13-22-18(14-20)10-4-1-5-11-18/h2-3,6-7H,1,4-5,8-14,19H2. The summed E-state index contributed by atoms with van der Waals surface area (Å²) in [5, 5.41) is 0. The molecule has 0 unspecified atom stereocenters. The van der Waals surface area contributed by atoms with Gasteiger partial charge in [-0.05, 0) is 30.9 Å². The van der Waals surface area contributed by atoms with Crippen molar-refractivity contribution in [3.63, 3.8) is 0 Å². The SMILES string of the molecule is Nc1ccccc1CCC(=O)N1CCSC2(CCCCC2)C1. The average molecular weight is 318 g/mol. The van der Waals surface area contributed by atoms with E-state index >= 15 is 0 Å². The number of anilines is 1. The normalized spacial score (nSPS) is 21.0. The number of nitrogen functional groups attached to an aromatic ring is 1. The molecule has 1 aromatic rings. The van der Waals surface area contributed by atoms with Crippen LogP contribution >= 0.6 is 11.8 Å². The van der Waals surface area contributed by atoms with Crippen LogP contribution in [0.1, 0.15) is 44.1 Å². The molecule has 3 nitrogen and oxygen atoms in total. The van der Waals surface area contributed by atoms with Crippen molar-refractivity contribution in [2.45, 2.75) is 49.7 Å². The Labute approximate surface area is 137 Å². The molecular formula is C18H26N2OS. The van der Waals surface area contributed by atoms with Crippen LogP contribution in [0.2, 0.25) is 0 Å². The minimum Gasteiger partial charge on any atom is -0.399 e. The Balaban J connectivity index is 1.56. The Morgan fingerprint density at radius 2 is 2.00 bits per heavy atom. The number of thioether (sulfide) groups is 1. The van der Waals surface area contributed by atoms with Gasteiger partial charge in [0, 0.05) is 35.7 Å². The molecular weight excluding hydrogens is 292 g/mol. The smallest absolute Gasteiger partial charge is 0.222 e. The summed E-state index contributed by atoms with van der Waals surface area (Å²) >= 11 is 2.11. The van der Waals surface area contributed by atoms with E-state index in [0.717, 1.165) is 36.5 Å². The van der Waals surface area contributed by atoms with Crippen LogP contribution in [0.25, 0.3) is 0 Å². The lowest BCUT2D eigenvalue weighted by Gasteiger charge is -2.44. The predicted molar refractivity (Wildman–Crippen MR) is 94.0 cm³/mol. The number of para-hydroxylation sites is 1. The highest BCUT2D eigenvalue weighted by Gasteiger charge is 2.38. The first-order valence-corrected chi connectivity index (χ1v) is 9.42. The predicted octanol–water partition coefficient (Wildman–Crippen LogP) is 3.48. The Morgan fingerprint density at radius 1 is 1.23 bits per heavy atom. The molecule has 2 aliphatic rings. The maximum Gasteiger partial charge on any atom is 0.222 e. The van der Waals surface area contributed by atoms with Gasteiger partial charge < -0.3 is 10.6 Å². The molecule has 0 aromatic heterocycles. The van der Waals surface area contributed by atoms with E-state index in [1.807, 2.05) is 24.3 Å². The zero-order valence-corrected chi connectivity index (χ0v) is 14.0. The molecule has 120 valence electrons. The molecule has 1 aromatic carbocycles. The fourth-order valence-corrected chi connectivity index (χ4v) is 5.29. The summed E-state index contributed by atoms with van der Waals surface area (Å²) in [4.78, 5) is 14.7. The lowest BCUT2D eigenvalue weighted by molar-refractivity contribution is -0.131. The van der Waals surface area contributed by atoms with Crippen molar-refractivity contribution in [3.05, 3.63) is 29.8 Å². The summed E-state index contributed by atoms with van der Waals surface area (Å²) in [5.74, 6) is 1.40. The fraction of sp³-hybridized carbons (Fsp3) is 0.611. The van der Waals surface area contributed by atoms with Crippen LogP contribution in [0.3, 0.4) is 0 Å². The minimum absolute atomic E-state index is 0.300. The summed E-state index contributed by atoms with van der Waals surface area (Å²) in [6.45, 7) is 1.87. The van der Waals surface area contributed by atoms with Crippen LogP contribution in [0.4, 0.5) is 5.69 Å². The van der Waals surface area contributed by atoms with E-state index in [2.05, 4.69) is 16.7 Å². The number of nitrogens with two attached hydrogens (primary N) is 1. The van der Waals surface area contributed by atoms with Crippen LogP contribution < -0.4 is 5.73 Å². The highest BCUT2D eigenvalue weighted by atomic mass is 32.2. The Morgan fingerprint density at radius 3 is 2.77 bits per heavy atom. The van der Waals surface area contributed by atoms with Gasteiger partial charge in [0.05, 0.1) is 0 Å². The molecule has 0 atom stereocenters. The second kappa shape index (κ2) is 6.95. The van der Waals surface area contributed by atoms with Crippen LogP contribution in [0.15, 0.2) is 24.3 Å². The fourth-order valence-electron chi connectivity index (χ4n) is 3.72. The van der Waals surface area contributed by atoms with Gasteiger partial charge in [-0.25, -0.2) is 0 Å². The molecule has 1 amide bonds. The molecule has 2 fully saturated rings. The quantitative estimate of drug-likeness (QED) is 0.868. The van der Waals surface area contributed by atoms with E-state index in [0.29, 0.717) is 17.1 Å². The van der Waals surface area contributed by atoms with Gasteiger partial charge in [-0.15, -0.1) is 0 Å². The van der Waals surface area contributed by atoms with Crippen molar-refractivity contribution in [3.8, 4) is 0 Å². The van der Waals surface area contributed by atoms with Crippen LogP contribution in [-0.2, 0) is 11.2 Å². The second-order valence-electron chi connectivity index (χ2n) is 6.61. The topological polar surface area (TPSA) is 46.3 Å². The molecule has 22 heavy (non-hydrogen) atoms. The van der Waals surface area contributed by atoms with Gasteiger partial charge in [0.15, 0.2) is 0 Å². The van der Waals surface area contributed by atoms with Crippen molar-refractivity contribution >= 4 is 23.4 Å². The molecule has 2 N–H and O–H groups in total. The molecule has 1 heterocycles. The number of hydrogen-bond acceptors (Lipinski definition) is 3. The van der Waals surface area contributed by atoms with E-state index in [1.54, 1.807) is 0 Å². The first kappa shape index (κ1) is 15.7. The van der Waals surface area contributed by atoms with Gasteiger partial charge in [-0.2, -0.15) is 11.8 Å². The largest absolute Gasteiger partial charge is 0.399 e. The molecule has 1 saturated heterocycles. The third-order valence-corrected chi connectivity index (χ3v) is 6.57. The molecule has 1 spiro atoms. The number of amides is 1. The van der Waals surface area contributed by atoms with Gasteiger partial charge in [-0.1, -0.05) is 37.5 Å². The van der Waals surface area contributed by atoms with Crippen molar-refractivity contribution in [1.29, 1.82) is 0 Å². The number of rotatable bonds is 3. The summed E-state index contributed by atoms with van der Waals surface area (Å²) in [6.07, 6.45) is 7.92. The summed E-state index contributed by atoms with van der Waals surface area (Å²) < 4.78 is 0.359. The lowest BCUT2D eigenvalue weighted by atomic mass is 9.87. The number of benzene rings is 1. The molecule has 3 rings (SSSR count). The third-order valence-electron chi connectivity index (χ3n) is 5.03. The van der Waals surface area contributed by atoms with E-state index in [1.165, 1.54) is 32.1 Å². The molecule has 0 radical (unpaired) electrons. The van der Waals surface area contributed by atoms with Crippen molar-refractivity contribution in [1.82, 2.24) is 4.90 Å². The van der Waals surface area contributed by atoms with Crippen LogP contribution in [-0.4, -0.2) is 34.4 Å². The zero-order valence-electron chi connectivity index (χ0n) is 13.2. The monoisotopic (exact) mass is 318 g/mol. The maximum absolute atomic E-state index is 12.6. The number of carbonyl (C=O) groups excluding carboxylic acids is 1. The Bertz CT molecular complexity index is 520. The van der Waals surface area contributed by atoms with Crippen molar-refractivity contribution in [2.75, 3.05) is 24.6 Å². The molecule has 1 aliphatic carbocycles. The second-order valence-corrected chi connectivity index (χ2v) is 8.17. The number of nitrogens with zero attached hydrogens (tertiary/aromatic N) is 1. The number of aryl methyl sites for hydroxylation is 1. The van der Waals surface area contributed by atoms with Gasteiger partial charge in [0.2, 0.25) is 5.91 Å². The summed E-state index contributed by atoms with van der Waals surface area (Å²) in [6, 6.07) is 7.87. The molecule has 4 heteroatoms. The maximum atomic E-state index is 12.6. The summed E-state index contributed by atoms with van der Waals surface area (Å²) in [7, 11) is 0. The molecule has 1 aliphatic heterocycles. The lowest BCUT2D eigenvalue weighted by Crippen LogP contribution is -2.49. The highest BCUT2D eigenvalue weighted by Crippen LogP contribution is 2.42. The van der Waals surface area contributed by atoms with Gasteiger partial charge >= 0.3 is 0 Å². The Kier molecular flexibility index (Phi) is 4.97. The highest BCUT2D eigenvalue weighted by molar-refractivity contribution is 8.00. The van der Waals surface area contributed by atoms with E-state index in [4.69, 9.17) is 5.73 Å². The molecule has 0 bridgehead atoms. The van der Waals surface area contributed by atoms with Gasteiger partial charge in [0.1, 0.15) is 0 Å². The number of carbonyl (C=O) groups is 1. The van der Waals surface area contributed by atoms with Crippen LogP contribution in [0, 0.1) is 0 Å². The Hall–Kier alpha value is -1.16. The first-order chi connectivity index (χ1) is 10.7. The van der Waals surface area contributed by atoms with E-state index in [-0.39, 0.29) is 0 Å². The van der Waals surface area contributed by atoms with Crippen LogP contribution in [0.5, 0.6) is 0 Å². The van der Waals surface area contributed by atoms with Gasteiger partial charge in [0.25, 0.3) is 0 Å². The minimum atomic E-state index is 0.300. The van der Waals surface area contributed by atoms with E-state index < -0.39 is 0 Å². The zero-order chi connectivity index (χ0) is 15.4. The van der Waals surface area contributed by atoms with E-state index in [9.17, 15) is 4.79 Å². The summed E-state index contributed by atoms with van der Waals surface area (Å²) in [5.41, 5.74) is 7.86. The molecule has 1 saturated carbocycles. The van der Waals surface area contributed by atoms with Gasteiger partial charge in [-0.3, -0.25) is 4.79 Å². The number of hydrogen-bond donors (Lipinski definition) is 1. The third kappa shape index (κ3) is 3.60. The van der Waals surface area contributed by atoms with Crippen molar-refractivity contribution in [2.24, 2.45) is 0 Å². The first-order valence-electron chi connectivity index (χ1n) is 8.44. The average Bonchev–Trinajstić information content (AvgIpc) is 2.54. The van der Waals surface area contributed by atoms with Crippen molar-refractivity contribution < 1.29 is 4.79 Å².